The van der Waals surface area contributed by atoms with Gasteiger partial charge in [0.25, 0.3) is 0 Å². The van der Waals surface area contributed by atoms with E-state index >= 15 is 0 Å². The predicted octanol–water partition coefficient (Wildman–Crippen LogP) is 4.06. The lowest BCUT2D eigenvalue weighted by atomic mass is 10.1. The molecule has 1 heterocycles. The van der Waals surface area contributed by atoms with Gasteiger partial charge in [-0.25, -0.2) is 4.39 Å². The summed E-state index contributed by atoms with van der Waals surface area (Å²) in [5, 5.41) is 3.29. The summed E-state index contributed by atoms with van der Waals surface area (Å²) in [6.45, 7) is 6.35. The van der Waals surface area contributed by atoms with Crippen molar-refractivity contribution in [1.29, 1.82) is 0 Å². The number of halogens is 1. The molecule has 0 unspecified atom stereocenters. The number of rotatable bonds is 6. The van der Waals surface area contributed by atoms with Crippen molar-refractivity contribution in [3.8, 4) is 5.75 Å². The summed E-state index contributed by atoms with van der Waals surface area (Å²) in [5.74, 6) is 0.821. The summed E-state index contributed by atoms with van der Waals surface area (Å²) < 4.78 is 24.6. The molecule has 1 atom stereocenters. The molecule has 3 nitrogen and oxygen atoms in total. The van der Waals surface area contributed by atoms with E-state index in [0.29, 0.717) is 12.3 Å². The molecule has 1 aromatic carbocycles. The third kappa shape index (κ3) is 3.84. The van der Waals surface area contributed by atoms with Crippen molar-refractivity contribution in [2.45, 2.75) is 39.5 Å². The van der Waals surface area contributed by atoms with E-state index in [0.717, 1.165) is 11.3 Å². The number of hydrogen-bond acceptors (Lipinski definition) is 3. The summed E-state index contributed by atoms with van der Waals surface area (Å²) in [5.41, 5.74) is 0.880. The highest BCUT2D eigenvalue weighted by molar-refractivity contribution is 5.31. The van der Waals surface area contributed by atoms with Crippen molar-refractivity contribution in [3.05, 3.63) is 53.7 Å². The maximum Gasteiger partial charge on any atom is 0.165 e. The number of ether oxygens (including phenoxy) is 1. The Kier molecular flexibility index (Phi) is 4.79. The Morgan fingerprint density at radius 1 is 1.25 bits per heavy atom. The van der Waals surface area contributed by atoms with Crippen molar-refractivity contribution in [3.63, 3.8) is 0 Å². The van der Waals surface area contributed by atoms with Crippen LogP contribution >= 0.6 is 0 Å². The van der Waals surface area contributed by atoms with Gasteiger partial charge in [0.05, 0.1) is 18.9 Å². The first-order valence-corrected chi connectivity index (χ1v) is 6.78. The van der Waals surface area contributed by atoms with Gasteiger partial charge in [0, 0.05) is 6.04 Å². The molecule has 0 saturated heterocycles. The zero-order chi connectivity index (χ0) is 14.5. The zero-order valence-corrected chi connectivity index (χ0v) is 12.0. The second-order valence-electron chi connectivity index (χ2n) is 5.04. The highest BCUT2D eigenvalue weighted by Gasteiger charge is 2.11. The number of furan rings is 1. The van der Waals surface area contributed by atoms with Crippen LogP contribution in [-0.2, 0) is 6.54 Å². The minimum Gasteiger partial charge on any atom is -0.488 e. The fraction of sp³-hybridized carbons (Fsp3) is 0.375. The lowest BCUT2D eigenvalue weighted by Crippen LogP contribution is -2.18. The Labute approximate surface area is 118 Å². The molecule has 0 aliphatic carbocycles. The Morgan fingerprint density at radius 2 is 2.05 bits per heavy atom. The van der Waals surface area contributed by atoms with Crippen LogP contribution in [0, 0.1) is 5.82 Å². The minimum absolute atomic E-state index is 0.0303. The molecule has 2 rings (SSSR count). The van der Waals surface area contributed by atoms with Crippen molar-refractivity contribution < 1.29 is 13.5 Å². The molecule has 0 amide bonds. The van der Waals surface area contributed by atoms with Gasteiger partial charge in [-0.05, 0) is 50.6 Å². The SMILES string of the molecule is CC(C)Oc1ccc([C@@H](C)NCc2ccco2)cc1F. The smallest absolute Gasteiger partial charge is 0.165 e. The maximum atomic E-state index is 13.9. The minimum atomic E-state index is -0.331. The van der Waals surface area contributed by atoms with Gasteiger partial charge in [-0.2, -0.15) is 0 Å². The van der Waals surface area contributed by atoms with E-state index in [1.54, 1.807) is 12.3 Å². The summed E-state index contributed by atoms with van der Waals surface area (Å²) in [7, 11) is 0. The van der Waals surface area contributed by atoms with E-state index in [2.05, 4.69) is 5.32 Å². The van der Waals surface area contributed by atoms with Crippen LogP contribution in [0.3, 0.4) is 0 Å². The van der Waals surface area contributed by atoms with Crippen molar-refractivity contribution >= 4 is 0 Å². The summed E-state index contributed by atoms with van der Waals surface area (Å²) in [4.78, 5) is 0. The lowest BCUT2D eigenvalue weighted by Gasteiger charge is -2.16. The van der Waals surface area contributed by atoms with Crippen LogP contribution in [0.25, 0.3) is 0 Å². The van der Waals surface area contributed by atoms with Crippen LogP contribution in [0.4, 0.5) is 4.39 Å². The van der Waals surface area contributed by atoms with Crippen molar-refractivity contribution in [1.82, 2.24) is 5.32 Å². The summed E-state index contributed by atoms with van der Waals surface area (Å²) in [6.07, 6.45) is 1.60. The Morgan fingerprint density at radius 3 is 2.65 bits per heavy atom. The van der Waals surface area contributed by atoms with Gasteiger partial charge < -0.3 is 14.5 Å². The first-order valence-electron chi connectivity index (χ1n) is 6.78. The van der Waals surface area contributed by atoms with Gasteiger partial charge in [0.15, 0.2) is 11.6 Å². The Bertz CT molecular complexity index is 537. The van der Waals surface area contributed by atoms with Crippen LogP contribution < -0.4 is 10.1 Å². The molecule has 0 saturated carbocycles. The third-order valence-electron chi connectivity index (χ3n) is 2.98. The standard InChI is InChI=1S/C16H20FNO2/c1-11(2)20-16-7-6-13(9-15(16)17)12(3)18-10-14-5-4-8-19-14/h4-9,11-12,18H,10H2,1-3H3/t12-/m1/s1. The normalized spacial score (nSPS) is 12.7. The molecule has 0 aliphatic heterocycles. The summed E-state index contributed by atoms with van der Waals surface area (Å²) >= 11 is 0. The third-order valence-corrected chi connectivity index (χ3v) is 2.98. The molecular weight excluding hydrogens is 257 g/mol. The molecule has 1 aromatic heterocycles. The van der Waals surface area contributed by atoms with E-state index in [-0.39, 0.29) is 18.0 Å². The summed E-state index contributed by atoms with van der Waals surface area (Å²) in [6, 6.07) is 8.84. The fourth-order valence-corrected chi connectivity index (χ4v) is 1.92. The number of benzene rings is 1. The van der Waals surface area contributed by atoms with Crippen LogP contribution in [0.2, 0.25) is 0 Å². The molecule has 2 aromatic rings. The maximum absolute atomic E-state index is 13.9. The molecule has 0 spiro atoms. The first-order chi connectivity index (χ1) is 9.56. The van der Waals surface area contributed by atoms with Crippen molar-refractivity contribution in [2.75, 3.05) is 0 Å². The van der Waals surface area contributed by atoms with E-state index in [1.165, 1.54) is 6.07 Å². The van der Waals surface area contributed by atoms with E-state index in [9.17, 15) is 4.39 Å². The molecule has 4 heteroatoms. The molecule has 20 heavy (non-hydrogen) atoms. The average Bonchev–Trinajstić information content (AvgIpc) is 2.91. The van der Waals surface area contributed by atoms with Gasteiger partial charge in [-0.3, -0.25) is 0 Å². The fourth-order valence-electron chi connectivity index (χ4n) is 1.92. The highest BCUT2D eigenvalue weighted by Crippen LogP contribution is 2.23. The zero-order valence-electron chi connectivity index (χ0n) is 12.0. The first kappa shape index (κ1) is 14.6. The van der Waals surface area contributed by atoms with E-state index < -0.39 is 0 Å². The van der Waals surface area contributed by atoms with E-state index in [4.69, 9.17) is 9.15 Å². The van der Waals surface area contributed by atoms with Crippen LogP contribution in [-0.4, -0.2) is 6.10 Å². The van der Waals surface area contributed by atoms with Gasteiger partial charge in [0.1, 0.15) is 5.76 Å². The molecule has 0 fully saturated rings. The van der Waals surface area contributed by atoms with Gasteiger partial charge >= 0.3 is 0 Å². The number of nitrogens with one attached hydrogen (secondary N) is 1. The molecule has 108 valence electrons. The molecular formula is C16H20FNO2. The molecule has 1 N–H and O–H groups in total. The van der Waals surface area contributed by atoms with Gasteiger partial charge in [-0.15, -0.1) is 0 Å². The van der Waals surface area contributed by atoms with Gasteiger partial charge in [0.2, 0.25) is 0 Å². The van der Waals surface area contributed by atoms with Crippen LogP contribution in [0.15, 0.2) is 41.0 Å². The largest absolute Gasteiger partial charge is 0.488 e. The predicted molar refractivity (Wildman–Crippen MR) is 76.1 cm³/mol. The monoisotopic (exact) mass is 277 g/mol. The quantitative estimate of drug-likeness (QED) is 0.864. The molecule has 0 aliphatic rings. The topological polar surface area (TPSA) is 34.4 Å². The second kappa shape index (κ2) is 6.57. The van der Waals surface area contributed by atoms with Crippen LogP contribution in [0.1, 0.15) is 38.1 Å². The average molecular weight is 277 g/mol. The van der Waals surface area contributed by atoms with E-state index in [1.807, 2.05) is 39.0 Å². The molecule has 0 radical (unpaired) electrons. The highest BCUT2D eigenvalue weighted by atomic mass is 19.1. The van der Waals surface area contributed by atoms with Crippen molar-refractivity contribution in [2.24, 2.45) is 0 Å². The van der Waals surface area contributed by atoms with Gasteiger partial charge in [-0.1, -0.05) is 6.07 Å². The number of hydrogen-bond donors (Lipinski definition) is 1. The second-order valence-corrected chi connectivity index (χ2v) is 5.04. The van der Waals surface area contributed by atoms with Crippen LogP contribution in [0.5, 0.6) is 5.75 Å². The Balaban J connectivity index is 1.99. The Hall–Kier alpha value is -1.81. The lowest BCUT2D eigenvalue weighted by molar-refractivity contribution is 0.231. The molecule has 0 bridgehead atoms.